The molecular weight excluding hydrogens is 166 g/mol. The first-order chi connectivity index (χ1) is 4.86. The highest BCUT2D eigenvalue weighted by atomic mass is 32.2. The van der Waals surface area contributed by atoms with Crippen LogP contribution in [0.25, 0.3) is 0 Å². The van der Waals surface area contributed by atoms with E-state index in [1.807, 2.05) is 12.5 Å². The van der Waals surface area contributed by atoms with Gasteiger partial charge in [0.05, 0.1) is 0 Å². The first-order valence-corrected chi connectivity index (χ1v) is 5.02. The van der Waals surface area contributed by atoms with Gasteiger partial charge in [0.25, 0.3) is 0 Å². The van der Waals surface area contributed by atoms with Crippen molar-refractivity contribution in [1.82, 2.24) is 15.0 Å². The van der Waals surface area contributed by atoms with Gasteiger partial charge in [0.1, 0.15) is 0 Å². The lowest BCUT2D eigenvalue weighted by atomic mass is 11.1. The van der Waals surface area contributed by atoms with E-state index < -0.39 is 0 Å². The molecule has 0 bridgehead atoms. The second-order valence-electron chi connectivity index (χ2n) is 1.41. The third-order valence-electron chi connectivity index (χ3n) is 0.848. The topological polar surface area (TPSA) is 38.7 Å². The largest absolute Gasteiger partial charge is 0.202 e. The summed E-state index contributed by atoms with van der Waals surface area (Å²) < 4.78 is 0. The number of hydrogen-bond acceptors (Lipinski definition) is 5. The van der Waals surface area contributed by atoms with Crippen molar-refractivity contribution >= 4 is 23.5 Å². The lowest BCUT2D eigenvalue weighted by molar-refractivity contribution is 0.795. The minimum atomic E-state index is 0.722. The fraction of sp³-hybridized carbons (Fsp3) is 0.400. The average molecular weight is 172 g/mol. The zero-order chi connectivity index (χ0) is 7.40. The van der Waals surface area contributed by atoms with Gasteiger partial charge < -0.3 is 0 Å². The average Bonchev–Trinajstić information content (AvgIpc) is 2.05. The lowest BCUT2D eigenvalue weighted by Crippen LogP contribution is -1.90. The van der Waals surface area contributed by atoms with Gasteiger partial charge in [-0.15, -0.1) is 0 Å². The van der Waals surface area contributed by atoms with Gasteiger partial charge in [0, 0.05) is 0 Å². The molecule has 0 fully saturated rings. The number of rotatable bonds is 2. The van der Waals surface area contributed by atoms with Gasteiger partial charge in [0.15, 0.2) is 10.3 Å². The highest BCUT2D eigenvalue weighted by molar-refractivity contribution is 7.99. The molecule has 0 aromatic carbocycles. The van der Waals surface area contributed by atoms with Crippen molar-refractivity contribution in [3.05, 3.63) is 6.33 Å². The van der Waals surface area contributed by atoms with E-state index in [2.05, 4.69) is 21.3 Å². The summed E-state index contributed by atoms with van der Waals surface area (Å²) >= 11 is 2.98. The maximum absolute atomic E-state index is 4.08. The van der Waals surface area contributed by atoms with Crippen LogP contribution in [0.2, 0.25) is 0 Å². The molecule has 0 saturated heterocycles. The molecule has 0 N–H and O–H groups in total. The molecule has 3 nitrogen and oxygen atoms in total. The summed E-state index contributed by atoms with van der Waals surface area (Å²) in [5, 5.41) is 1.44. The molecule has 0 saturated carbocycles. The highest BCUT2D eigenvalue weighted by Gasteiger charge is 1.95. The van der Waals surface area contributed by atoms with Crippen LogP contribution in [0, 0.1) is 6.33 Å². The standard InChI is InChI=1S/C5H6N3S2/c1-9-4-6-3-7-5(8-4)10-2/h1-2H3. The quantitative estimate of drug-likeness (QED) is 0.625. The number of thioether (sulfide) groups is 2. The number of hydrogen-bond donors (Lipinski definition) is 0. The van der Waals surface area contributed by atoms with Crippen LogP contribution in [0.4, 0.5) is 0 Å². The maximum Gasteiger partial charge on any atom is 0.202 e. The Kier molecular flexibility index (Phi) is 2.95. The Morgan fingerprint density at radius 2 is 1.60 bits per heavy atom. The molecule has 10 heavy (non-hydrogen) atoms. The van der Waals surface area contributed by atoms with E-state index in [9.17, 15) is 0 Å². The van der Waals surface area contributed by atoms with Crippen LogP contribution in [0.15, 0.2) is 10.3 Å². The number of aromatic nitrogens is 3. The van der Waals surface area contributed by atoms with Crippen molar-refractivity contribution in [2.24, 2.45) is 0 Å². The maximum atomic E-state index is 4.08. The van der Waals surface area contributed by atoms with Crippen LogP contribution >= 0.6 is 23.5 Å². The van der Waals surface area contributed by atoms with Crippen LogP contribution < -0.4 is 0 Å². The molecular formula is C5H6N3S2. The van der Waals surface area contributed by atoms with Crippen molar-refractivity contribution in [3.63, 3.8) is 0 Å². The van der Waals surface area contributed by atoms with E-state index in [1.165, 1.54) is 23.5 Å². The SMILES string of the molecule is CSc1n[c]nc(SC)n1. The van der Waals surface area contributed by atoms with Crippen LogP contribution in [-0.4, -0.2) is 27.5 Å². The molecule has 1 aromatic heterocycles. The molecule has 0 aliphatic heterocycles. The van der Waals surface area contributed by atoms with Gasteiger partial charge in [-0.3, -0.25) is 0 Å². The van der Waals surface area contributed by atoms with E-state index in [0.29, 0.717) is 0 Å². The van der Waals surface area contributed by atoms with Gasteiger partial charge in [-0.2, -0.15) is 15.0 Å². The molecule has 1 aromatic rings. The van der Waals surface area contributed by atoms with E-state index in [4.69, 9.17) is 0 Å². The summed E-state index contributed by atoms with van der Waals surface area (Å²) in [7, 11) is 0. The van der Waals surface area contributed by atoms with Gasteiger partial charge >= 0.3 is 0 Å². The number of nitrogens with zero attached hydrogens (tertiary/aromatic N) is 3. The van der Waals surface area contributed by atoms with E-state index >= 15 is 0 Å². The molecule has 0 atom stereocenters. The Balaban J connectivity index is 2.87. The Bertz CT molecular complexity index is 197. The zero-order valence-electron chi connectivity index (χ0n) is 5.66. The van der Waals surface area contributed by atoms with Gasteiger partial charge in [-0.25, -0.2) is 0 Å². The van der Waals surface area contributed by atoms with Crippen LogP contribution in [0.3, 0.4) is 0 Å². The van der Waals surface area contributed by atoms with Crippen LogP contribution in [0.5, 0.6) is 0 Å². The molecule has 0 unspecified atom stereocenters. The van der Waals surface area contributed by atoms with Crippen molar-refractivity contribution in [1.29, 1.82) is 0 Å². The molecule has 1 heterocycles. The van der Waals surface area contributed by atoms with Crippen LogP contribution in [0.1, 0.15) is 0 Å². The smallest absolute Gasteiger partial charge is 0.199 e. The minimum absolute atomic E-state index is 0.722. The summed E-state index contributed by atoms with van der Waals surface area (Å²) in [6.45, 7) is 0. The minimum Gasteiger partial charge on any atom is -0.199 e. The van der Waals surface area contributed by atoms with Gasteiger partial charge in [0.2, 0.25) is 6.33 Å². The van der Waals surface area contributed by atoms with Crippen molar-refractivity contribution in [2.75, 3.05) is 12.5 Å². The Labute approximate surface area is 68.1 Å². The molecule has 0 aliphatic carbocycles. The third-order valence-corrected chi connectivity index (χ3v) is 1.94. The van der Waals surface area contributed by atoms with E-state index in [-0.39, 0.29) is 0 Å². The molecule has 53 valence electrons. The summed E-state index contributed by atoms with van der Waals surface area (Å²) in [5.74, 6) is 0. The van der Waals surface area contributed by atoms with Crippen molar-refractivity contribution < 1.29 is 0 Å². The summed E-state index contributed by atoms with van der Waals surface area (Å²) in [6, 6.07) is 0. The normalized spacial score (nSPS) is 9.80. The first kappa shape index (κ1) is 7.81. The highest BCUT2D eigenvalue weighted by Crippen LogP contribution is 2.11. The van der Waals surface area contributed by atoms with Gasteiger partial charge in [-0.05, 0) is 12.5 Å². The molecule has 0 aliphatic rings. The zero-order valence-corrected chi connectivity index (χ0v) is 7.29. The van der Waals surface area contributed by atoms with E-state index in [1.54, 1.807) is 0 Å². The fourth-order valence-electron chi connectivity index (χ4n) is 0.425. The lowest BCUT2D eigenvalue weighted by Gasteiger charge is -1.93. The molecule has 0 amide bonds. The molecule has 0 spiro atoms. The first-order valence-electron chi connectivity index (χ1n) is 2.57. The Morgan fingerprint density at radius 3 is 2.00 bits per heavy atom. The summed E-state index contributed by atoms with van der Waals surface area (Å²) in [6.07, 6.45) is 6.38. The summed E-state index contributed by atoms with van der Waals surface area (Å²) in [5.41, 5.74) is 0. The summed E-state index contributed by atoms with van der Waals surface area (Å²) in [4.78, 5) is 11.7. The second-order valence-corrected chi connectivity index (χ2v) is 2.96. The van der Waals surface area contributed by atoms with Crippen molar-refractivity contribution in [3.8, 4) is 0 Å². The molecule has 5 heteroatoms. The molecule has 1 radical (unpaired) electrons. The Hall–Kier alpha value is -0.290. The third kappa shape index (κ3) is 1.85. The van der Waals surface area contributed by atoms with Crippen molar-refractivity contribution in [2.45, 2.75) is 10.3 Å². The monoisotopic (exact) mass is 172 g/mol. The van der Waals surface area contributed by atoms with Gasteiger partial charge in [-0.1, -0.05) is 23.5 Å². The van der Waals surface area contributed by atoms with Crippen LogP contribution in [-0.2, 0) is 0 Å². The fourth-order valence-corrected chi connectivity index (χ4v) is 1.10. The Morgan fingerprint density at radius 1 is 1.10 bits per heavy atom. The van der Waals surface area contributed by atoms with E-state index in [0.717, 1.165) is 10.3 Å². The molecule has 1 rings (SSSR count). The second kappa shape index (κ2) is 3.78. The predicted molar refractivity (Wildman–Crippen MR) is 42.2 cm³/mol. The predicted octanol–water partition coefficient (Wildman–Crippen LogP) is 1.12.